The van der Waals surface area contributed by atoms with E-state index in [2.05, 4.69) is 29.8 Å². The SMILES string of the molecule is CC1(C)CCCNC1CNC(=O)Nc1cccc([N+](=O)[O-])c1. The Morgan fingerprint density at radius 3 is 2.95 bits per heavy atom. The zero-order valence-electron chi connectivity index (χ0n) is 12.9. The average Bonchev–Trinajstić information content (AvgIpc) is 2.46. The molecule has 1 heterocycles. The first-order valence-corrected chi connectivity index (χ1v) is 7.41. The lowest BCUT2D eigenvalue weighted by atomic mass is 9.77. The molecule has 0 saturated carbocycles. The molecule has 2 rings (SSSR count). The molecule has 0 bridgehead atoms. The van der Waals surface area contributed by atoms with Crippen LogP contribution in [-0.2, 0) is 0 Å². The number of anilines is 1. The molecule has 1 aliphatic rings. The minimum absolute atomic E-state index is 0.0483. The molecule has 1 unspecified atom stereocenters. The van der Waals surface area contributed by atoms with Gasteiger partial charge < -0.3 is 16.0 Å². The van der Waals surface area contributed by atoms with E-state index in [0.29, 0.717) is 12.2 Å². The topological polar surface area (TPSA) is 96.3 Å². The summed E-state index contributed by atoms with van der Waals surface area (Å²) in [6, 6.07) is 5.75. The fraction of sp³-hybridized carbons (Fsp3) is 0.533. The summed E-state index contributed by atoms with van der Waals surface area (Å²) in [5, 5.41) is 19.6. The standard InChI is InChI=1S/C15H22N4O3/c1-15(2)7-4-8-16-13(15)10-17-14(20)18-11-5-3-6-12(9-11)19(21)22/h3,5-6,9,13,16H,4,7-8,10H2,1-2H3,(H2,17,18,20). The molecule has 0 radical (unpaired) electrons. The van der Waals surface area contributed by atoms with Crippen LogP contribution in [0.1, 0.15) is 26.7 Å². The quantitative estimate of drug-likeness (QED) is 0.588. The predicted molar refractivity (Wildman–Crippen MR) is 84.9 cm³/mol. The van der Waals surface area contributed by atoms with E-state index in [1.54, 1.807) is 12.1 Å². The largest absolute Gasteiger partial charge is 0.336 e. The van der Waals surface area contributed by atoms with Crippen molar-refractivity contribution in [1.82, 2.24) is 10.6 Å². The summed E-state index contributed by atoms with van der Waals surface area (Å²) in [6.45, 7) is 5.85. The number of nitrogens with zero attached hydrogens (tertiary/aromatic N) is 1. The van der Waals surface area contributed by atoms with Crippen LogP contribution in [0.2, 0.25) is 0 Å². The molecule has 7 heteroatoms. The highest BCUT2D eigenvalue weighted by atomic mass is 16.6. The lowest BCUT2D eigenvalue weighted by molar-refractivity contribution is -0.384. The number of amides is 2. The number of benzene rings is 1. The second kappa shape index (κ2) is 6.74. The monoisotopic (exact) mass is 306 g/mol. The summed E-state index contributed by atoms with van der Waals surface area (Å²) < 4.78 is 0. The zero-order valence-corrected chi connectivity index (χ0v) is 12.9. The molecule has 0 aromatic heterocycles. The predicted octanol–water partition coefficient (Wildman–Crippen LogP) is 2.49. The van der Waals surface area contributed by atoms with Crippen LogP contribution < -0.4 is 16.0 Å². The molecule has 1 aromatic rings. The highest BCUT2D eigenvalue weighted by Gasteiger charge is 2.31. The minimum Gasteiger partial charge on any atom is -0.336 e. The second-order valence-corrected chi connectivity index (χ2v) is 6.24. The van der Waals surface area contributed by atoms with E-state index in [0.717, 1.165) is 19.4 Å². The van der Waals surface area contributed by atoms with Crippen molar-refractivity contribution >= 4 is 17.4 Å². The fourth-order valence-corrected chi connectivity index (χ4v) is 2.69. The Bertz CT molecular complexity index is 559. The van der Waals surface area contributed by atoms with E-state index in [9.17, 15) is 14.9 Å². The Kier molecular flexibility index (Phi) is 4.97. The third-order valence-electron chi connectivity index (χ3n) is 4.11. The van der Waals surface area contributed by atoms with E-state index in [1.807, 2.05) is 0 Å². The maximum Gasteiger partial charge on any atom is 0.319 e. The minimum atomic E-state index is -0.489. The van der Waals surface area contributed by atoms with Gasteiger partial charge in [-0.25, -0.2) is 4.79 Å². The van der Waals surface area contributed by atoms with Crippen molar-refractivity contribution in [3.63, 3.8) is 0 Å². The van der Waals surface area contributed by atoms with Gasteiger partial charge in [-0.1, -0.05) is 19.9 Å². The van der Waals surface area contributed by atoms with Crippen molar-refractivity contribution in [2.24, 2.45) is 5.41 Å². The van der Waals surface area contributed by atoms with Crippen LogP contribution in [-0.4, -0.2) is 30.1 Å². The number of piperidine rings is 1. The maximum absolute atomic E-state index is 11.9. The van der Waals surface area contributed by atoms with Gasteiger partial charge in [0, 0.05) is 30.4 Å². The number of non-ortho nitro benzene ring substituents is 1. The summed E-state index contributed by atoms with van der Waals surface area (Å²) >= 11 is 0. The van der Waals surface area contributed by atoms with E-state index >= 15 is 0 Å². The van der Waals surface area contributed by atoms with Gasteiger partial charge >= 0.3 is 6.03 Å². The van der Waals surface area contributed by atoms with Crippen LogP contribution in [0.25, 0.3) is 0 Å². The molecule has 1 atom stereocenters. The number of carbonyl (C=O) groups excluding carboxylic acids is 1. The molecule has 0 spiro atoms. The number of nitro groups is 1. The molecule has 1 aromatic carbocycles. The number of hydrogen-bond acceptors (Lipinski definition) is 4. The molecule has 2 amide bonds. The Hall–Kier alpha value is -2.15. The summed E-state index contributed by atoms with van der Waals surface area (Å²) in [5.41, 5.74) is 0.493. The van der Waals surface area contributed by atoms with E-state index in [1.165, 1.54) is 12.1 Å². The van der Waals surface area contributed by atoms with Crippen molar-refractivity contribution < 1.29 is 9.72 Å². The van der Waals surface area contributed by atoms with Crippen molar-refractivity contribution in [2.75, 3.05) is 18.4 Å². The molecule has 22 heavy (non-hydrogen) atoms. The second-order valence-electron chi connectivity index (χ2n) is 6.24. The van der Waals surface area contributed by atoms with Crippen LogP contribution in [0.5, 0.6) is 0 Å². The fourth-order valence-electron chi connectivity index (χ4n) is 2.69. The molecule has 1 saturated heterocycles. The number of nitro benzene ring substituents is 1. The molecule has 120 valence electrons. The van der Waals surface area contributed by atoms with Gasteiger partial charge in [0.15, 0.2) is 0 Å². The zero-order chi connectivity index (χ0) is 16.2. The number of urea groups is 1. The number of nitrogens with one attached hydrogen (secondary N) is 3. The molecule has 3 N–H and O–H groups in total. The first-order chi connectivity index (χ1) is 10.4. The number of carbonyl (C=O) groups is 1. The molecular formula is C15H22N4O3. The summed E-state index contributed by atoms with van der Waals surface area (Å²) in [4.78, 5) is 22.2. The molecular weight excluding hydrogens is 284 g/mol. The maximum atomic E-state index is 11.9. The van der Waals surface area contributed by atoms with Crippen molar-refractivity contribution in [3.05, 3.63) is 34.4 Å². The van der Waals surface area contributed by atoms with Gasteiger partial charge in [-0.15, -0.1) is 0 Å². The smallest absolute Gasteiger partial charge is 0.319 e. The first-order valence-electron chi connectivity index (χ1n) is 7.41. The number of rotatable bonds is 4. The third kappa shape index (κ3) is 4.17. The molecule has 0 aliphatic carbocycles. The van der Waals surface area contributed by atoms with E-state index in [-0.39, 0.29) is 23.2 Å². The Morgan fingerprint density at radius 2 is 2.27 bits per heavy atom. The Balaban J connectivity index is 1.88. The van der Waals surface area contributed by atoms with Crippen molar-refractivity contribution in [1.29, 1.82) is 0 Å². The van der Waals surface area contributed by atoms with E-state index < -0.39 is 4.92 Å². The van der Waals surface area contributed by atoms with Gasteiger partial charge in [0.25, 0.3) is 5.69 Å². The average molecular weight is 306 g/mol. The lowest BCUT2D eigenvalue weighted by Gasteiger charge is -2.39. The summed E-state index contributed by atoms with van der Waals surface area (Å²) in [6.07, 6.45) is 2.27. The van der Waals surface area contributed by atoms with Gasteiger partial charge in [0.2, 0.25) is 0 Å². The molecule has 1 aliphatic heterocycles. The van der Waals surface area contributed by atoms with E-state index in [4.69, 9.17) is 0 Å². The van der Waals surface area contributed by atoms with Gasteiger partial charge in [0.1, 0.15) is 0 Å². The van der Waals surface area contributed by atoms with Crippen LogP contribution in [0.4, 0.5) is 16.2 Å². The van der Waals surface area contributed by atoms with Gasteiger partial charge in [-0.2, -0.15) is 0 Å². The Morgan fingerprint density at radius 1 is 1.50 bits per heavy atom. The highest BCUT2D eigenvalue weighted by molar-refractivity contribution is 5.89. The van der Waals surface area contributed by atoms with Gasteiger partial charge in [0.05, 0.1) is 4.92 Å². The van der Waals surface area contributed by atoms with Gasteiger partial charge in [-0.3, -0.25) is 10.1 Å². The molecule has 1 fully saturated rings. The normalized spacial score (nSPS) is 20.2. The molecule has 7 nitrogen and oxygen atoms in total. The Labute approximate surface area is 129 Å². The van der Waals surface area contributed by atoms with Crippen LogP contribution in [0.3, 0.4) is 0 Å². The van der Waals surface area contributed by atoms with Crippen molar-refractivity contribution in [2.45, 2.75) is 32.7 Å². The van der Waals surface area contributed by atoms with Crippen LogP contribution in [0.15, 0.2) is 24.3 Å². The number of hydrogen-bond donors (Lipinski definition) is 3. The summed E-state index contributed by atoms with van der Waals surface area (Å²) in [7, 11) is 0. The first kappa shape index (κ1) is 16.2. The lowest BCUT2D eigenvalue weighted by Crippen LogP contribution is -2.53. The van der Waals surface area contributed by atoms with Gasteiger partial charge in [-0.05, 0) is 30.9 Å². The van der Waals surface area contributed by atoms with Crippen molar-refractivity contribution in [3.8, 4) is 0 Å². The van der Waals surface area contributed by atoms with Crippen LogP contribution in [0, 0.1) is 15.5 Å². The van der Waals surface area contributed by atoms with Crippen LogP contribution >= 0.6 is 0 Å². The summed E-state index contributed by atoms with van der Waals surface area (Å²) in [5.74, 6) is 0. The third-order valence-corrected chi connectivity index (χ3v) is 4.11. The highest BCUT2D eigenvalue weighted by Crippen LogP contribution is 2.29.